The van der Waals surface area contributed by atoms with Crippen LogP contribution in [-0.4, -0.2) is 20.0 Å². The lowest BCUT2D eigenvalue weighted by atomic mass is 9.96. The number of carbonyl (C=O) groups is 1. The zero-order valence-corrected chi connectivity index (χ0v) is 13.2. The van der Waals surface area contributed by atoms with E-state index in [0.29, 0.717) is 6.42 Å². The highest BCUT2D eigenvalue weighted by molar-refractivity contribution is 5.92. The van der Waals surface area contributed by atoms with Gasteiger partial charge < -0.3 is 14.4 Å². The van der Waals surface area contributed by atoms with E-state index in [9.17, 15) is 4.79 Å². The van der Waals surface area contributed by atoms with E-state index in [2.05, 4.69) is 4.90 Å². The molecule has 2 aromatic rings. The Balaban J connectivity index is 2.01. The number of para-hydroxylation sites is 1. The SMILES string of the molecule is COc1ccc(N2C=CC(=O)C[C@@H]2c2ccccc2OC)cc1. The molecule has 0 aliphatic carbocycles. The molecule has 0 unspecified atom stereocenters. The number of carbonyl (C=O) groups excluding carboxylic acids is 1. The Labute approximate surface area is 135 Å². The third-order valence-electron chi connectivity index (χ3n) is 4.02. The minimum absolute atomic E-state index is 0.0861. The molecule has 4 nitrogen and oxygen atoms in total. The lowest BCUT2D eigenvalue weighted by Crippen LogP contribution is -2.29. The smallest absolute Gasteiger partial charge is 0.159 e. The van der Waals surface area contributed by atoms with Crippen molar-refractivity contribution in [1.29, 1.82) is 0 Å². The summed E-state index contributed by atoms with van der Waals surface area (Å²) in [5.74, 6) is 1.71. The summed E-state index contributed by atoms with van der Waals surface area (Å²) >= 11 is 0. The molecule has 0 radical (unpaired) electrons. The van der Waals surface area contributed by atoms with E-state index in [1.807, 2.05) is 54.7 Å². The molecule has 0 saturated heterocycles. The molecule has 4 heteroatoms. The summed E-state index contributed by atoms with van der Waals surface area (Å²) in [6, 6.07) is 15.5. The molecule has 0 fully saturated rings. The predicted molar refractivity (Wildman–Crippen MR) is 90.0 cm³/mol. The van der Waals surface area contributed by atoms with Crippen molar-refractivity contribution in [3.8, 4) is 11.5 Å². The second kappa shape index (κ2) is 6.57. The second-order valence-electron chi connectivity index (χ2n) is 5.35. The van der Waals surface area contributed by atoms with Gasteiger partial charge in [0.05, 0.1) is 20.3 Å². The Bertz CT molecular complexity index is 722. The number of hydrogen-bond acceptors (Lipinski definition) is 4. The van der Waals surface area contributed by atoms with Gasteiger partial charge in [0.1, 0.15) is 11.5 Å². The maximum Gasteiger partial charge on any atom is 0.159 e. The fraction of sp³-hybridized carbons (Fsp3) is 0.211. The summed E-state index contributed by atoms with van der Waals surface area (Å²) in [6.45, 7) is 0. The van der Waals surface area contributed by atoms with Gasteiger partial charge in [-0.15, -0.1) is 0 Å². The molecule has 1 heterocycles. The van der Waals surface area contributed by atoms with Gasteiger partial charge >= 0.3 is 0 Å². The fourth-order valence-electron chi connectivity index (χ4n) is 2.85. The molecule has 0 amide bonds. The molecule has 23 heavy (non-hydrogen) atoms. The highest BCUT2D eigenvalue weighted by Crippen LogP contribution is 2.37. The highest BCUT2D eigenvalue weighted by Gasteiger charge is 2.27. The van der Waals surface area contributed by atoms with Gasteiger partial charge in [-0.2, -0.15) is 0 Å². The number of benzene rings is 2. The molecule has 2 aromatic carbocycles. The van der Waals surface area contributed by atoms with Crippen molar-refractivity contribution < 1.29 is 14.3 Å². The summed E-state index contributed by atoms with van der Waals surface area (Å²) in [7, 11) is 3.29. The first-order chi connectivity index (χ1) is 11.2. The van der Waals surface area contributed by atoms with Crippen molar-refractivity contribution in [1.82, 2.24) is 0 Å². The number of ether oxygens (including phenoxy) is 2. The zero-order valence-electron chi connectivity index (χ0n) is 13.2. The van der Waals surface area contributed by atoms with E-state index in [-0.39, 0.29) is 11.8 Å². The minimum Gasteiger partial charge on any atom is -0.497 e. The topological polar surface area (TPSA) is 38.8 Å². The number of ketones is 1. The van der Waals surface area contributed by atoms with Crippen LogP contribution in [0.5, 0.6) is 11.5 Å². The van der Waals surface area contributed by atoms with Gasteiger partial charge in [0, 0.05) is 23.9 Å². The van der Waals surface area contributed by atoms with Gasteiger partial charge in [-0.25, -0.2) is 0 Å². The minimum atomic E-state index is -0.0861. The normalized spacial score (nSPS) is 17.2. The van der Waals surface area contributed by atoms with Crippen molar-refractivity contribution in [2.24, 2.45) is 0 Å². The third-order valence-corrected chi connectivity index (χ3v) is 4.02. The van der Waals surface area contributed by atoms with Crippen molar-refractivity contribution in [2.45, 2.75) is 12.5 Å². The first-order valence-corrected chi connectivity index (χ1v) is 7.49. The van der Waals surface area contributed by atoms with E-state index < -0.39 is 0 Å². The number of methoxy groups -OCH3 is 2. The van der Waals surface area contributed by atoms with Crippen molar-refractivity contribution in [3.05, 3.63) is 66.4 Å². The van der Waals surface area contributed by atoms with E-state index >= 15 is 0 Å². The molecule has 1 aliphatic heterocycles. The molecule has 118 valence electrons. The molecule has 0 bridgehead atoms. The van der Waals surface area contributed by atoms with Crippen LogP contribution in [0, 0.1) is 0 Å². The van der Waals surface area contributed by atoms with E-state index in [1.165, 1.54) is 0 Å². The Kier molecular flexibility index (Phi) is 4.33. The van der Waals surface area contributed by atoms with Crippen LogP contribution >= 0.6 is 0 Å². The lowest BCUT2D eigenvalue weighted by molar-refractivity contribution is -0.115. The van der Waals surface area contributed by atoms with Crippen LogP contribution in [0.4, 0.5) is 5.69 Å². The molecule has 0 aromatic heterocycles. The van der Waals surface area contributed by atoms with Gasteiger partial charge in [-0.05, 0) is 36.4 Å². The number of rotatable bonds is 4. The Morgan fingerprint density at radius 1 is 1.00 bits per heavy atom. The number of hydrogen-bond donors (Lipinski definition) is 0. The Morgan fingerprint density at radius 3 is 2.43 bits per heavy atom. The van der Waals surface area contributed by atoms with Gasteiger partial charge in [0.2, 0.25) is 0 Å². The Hall–Kier alpha value is -2.75. The van der Waals surface area contributed by atoms with Gasteiger partial charge in [0.25, 0.3) is 0 Å². The molecule has 1 atom stereocenters. The molecule has 0 N–H and O–H groups in total. The first kappa shape index (κ1) is 15.2. The molecular formula is C19H19NO3. The van der Waals surface area contributed by atoms with Crippen LogP contribution < -0.4 is 14.4 Å². The molecule has 0 spiro atoms. The van der Waals surface area contributed by atoms with E-state index in [1.54, 1.807) is 20.3 Å². The van der Waals surface area contributed by atoms with E-state index in [0.717, 1.165) is 22.7 Å². The zero-order chi connectivity index (χ0) is 16.2. The largest absolute Gasteiger partial charge is 0.497 e. The summed E-state index contributed by atoms with van der Waals surface area (Å²) in [5.41, 5.74) is 2.01. The van der Waals surface area contributed by atoms with Crippen LogP contribution in [-0.2, 0) is 4.79 Å². The first-order valence-electron chi connectivity index (χ1n) is 7.49. The number of allylic oxidation sites excluding steroid dienone is 1. The molecule has 0 saturated carbocycles. The predicted octanol–water partition coefficient (Wildman–Crippen LogP) is 3.74. The average Bonchev–Trinajstić information content (AvgIpc) is 2.61. The van der Waals surface area contributed by atoms with Crippen LogP contribution in [0.3, 0.4) is 0 Å². The van der Waals surface area contributed by atoms with Gasteiger partial charge in [-0.3, -0.25) is 4.79 Å². The van der Waals surface area contributed by atoms with Gasteiger partial charge in [0.15, 0.2) is 5.78 Å². The maximum atomic E-state index is 11.9. The third kappa shape index (κ3) is 3.06. The number of nitrogens with zero attached hydrogens (tertiary/aromatic N) is 1. The van der Waals surface area contributed by atoms with Crippen molar-refractivity contribution in [3.63, 3.8) is 0 Å². The van der Waals surface area contributed by atoms with Crippen LogP contribution in [0.25, 0.3) is 0 Å². The van der Waals surface area contributed by atoms with Crippen LogP contribution in [0.2, 0.25) is 0 Å². The van der Waals surface area contributed by atoms with Crippen LogP contribution in [0.1, 0.15) is 18.0 Å². The lowest BCUT2D eigenvalue weighted by Gasteiger charge is -2.34. The quantitative estimate of drug-likeness (QED) is 0.862. The summed E-state index contributed by atoms with van der Waals surface area (Å²) in [6.07, 6.45) is 3.88. The fourth-order valence-corrected chi connectivity index (χ4v) is 2.85. The molecule has 3 rings (SSSR count). The molecular weight excluding hydrogens is 290 g/mol. The standard InChI is InChI=1S/C19H19NO3/c1-22-16-9-7-14(8-10-16)20-12-11-15(21)13-18(20)17-5-3-4-6-19(17)23-2/h3-12,18H,13H2,1-2H3/t18-/m1/s1. The van der Waals surface area contributed by atoms with Gasteiger partial charge in [-0.1, -0.05) is 18.2 Å². The Morgan fingerprint density at radius 2 is 1.74 bits per heavy atom. The number of anilines is 1. The monoisotopic (exact) mass is 309 g/mol. The van der Waals surface area contributed by atoms with E-state index in [4.69, 9.17) is 9.47 Å². The summed E-state index contributed by atoms with van der Waals surface area (Å²) in [5, 5.41) is 0. The second-order valence-corrected chi connectivity index (χ2v) is 5.35. The summed E-state index contributed by atoms with van der Waals surface area (Å²) in [4.78, 5) is 14.0. The van der Waals surface area contributed by atoms with Crippen LogP contribution in [0.15, 0.2) is 60.8 Å². The average molecular weight is 309 g/mol. The summed E-state index contributed by atoms with van der Waals surface area (Å²) < 4.78 is 10.7. The highest BCUT2D eigenvalue weighted by atomic mass is 16.5. The van der Waals surface area contributed by atoms with Crippen molar-refractivity contribution >= 4 is 11.5 Å². The van der Waals surface area contributed by atoms with Crippen molar-refractivity contribution in [2.75, 3.05) is 19.1 Å². The molecule has 1 aliphatic rings. The maximum absolute atomic E-state index is 11.9.